The Morgan fingerprint density at radius 2 is 1.94 bits per heavy atom. The Kier molecular flexibility index (Phi) is 7.51. The summed E-state index contributed by atoms with van der Waals surface area (Å²) in [7, 11) is 1.20. The number of amides is 2. The van der Waals surface area contributed by atoms with Crippen LogP contribution >= 0.6 is 34.4 Å². The quantitative estimate of drug-likeness (QED) is 0.159. The van der Waals surface area contributed by atoms with Crippen molar-refractivity contribution in [2.24, 2.45) is 0 Å². The minimum Gasteiger partial charge on any atom is -0.488 e. The first kappa shape index (κ1) is 23.7. The zero-order chi connectivity index (χ0) is 23.4. The second-order valence-corrected chi connectivity index (χ2v) is 8.81. The summed E-state index contributed by atoms with van der Waals surface area (Å²) in [6.45, 7) is 1.67. The van der Waals surface area contributed by atoms with Crippen LogP contribution in [0.4, 0.5) is 10.5 Å². The van der Waals surface area contributed by atoms with Gasteiger partial charge in [0, 0.05) is 12.1 Å². The molecule has 0 aliphatic carbocycles. The predicted molar refractivity (Wildman–Crippen MR) is 126 cm³/mol. The van der Waals surface area contributed by atoms with E-state index in [9.17, 15) is 24.5 Å². The van der Waals surface area contributed by atoms with E-state index in [4.69, 9.17) is 4.74 Å². The number of hydrogen-bond acceptors (Lipinski definition) is 8. The van der Waals surface area contributed by atoms with Crippen molar-refractivity contribution in [2.75, 3.05) is 7.11 Å². The number of imide groups is 1. The summed E-state index contributed by atoms with van der Waals surface area (Å²) in [5.41, 5.74) is 1.48. The highest BCUT2D eigenvalue weighted by Crippen LogP contribution is 2.34. The van der Waals surface area contributed by atoms with Crippen molar-refractivity contribution < 1.29 is 28.8 Å². The van der Waals surface area contributed by atoms with Crippen LogP contribution in [0.5, 0.6) is 5.75 Å². The standard InChI is InChI=1S/C21H17IN2O7S/c1-12(20(26)30-2)23-19(25)18(32-21(23)27)10-14-5-8-17(16(22)9-14)31-11-13-3-6-15(7-4-13)24(28)29/h3-10,12H,11H2,1-2H3/b18-10+/t12-/m1/s1. The van der Waals surface area contributed by atoms with Gasteiger partial charge in [0.15, 0.2) is 0 Å². The molecule has 2 aromatic rings. The number of methoxy groups -OCH3 is 1. The maximum Gasteiger partial charge on any atom is 0.328 e. The van der Waals surface area contributed by atoms with Gasteiger partial charge in [0.25, 0.3) is 16.8 Å². The molecule has 2 aromatic carbocycles. The third-order valence-electron chi connectivity index (χ3n) is 4.55. The summed E-state index contributed by atoms with van der Waals surface area (Å²) in [4.78, 5) is 47.9. The predicted octanol–water partition coefficient (Wildman–Crippen LogP) is 4.38. The molecule has 2 amide bonds. The Morgan fingerprint density at radius 1 is 1.25 bits per heavy atom. The SMILES string of the molecule is COC(=O)[C@@H](C)N1C(=O)S/C(=C/c2ccc(OCc3ccc([N+](=O)[O-])cc3)c(I)c2)C1=O. The molecule has 1 saturated heterocycles. The Labute approximate surface area is 201 Å². The summed E-state index contributed by atoms with van der Waals surface area (Å²) >= 11 is 2.86. The average Bonchev–Trinajstić information content (AvgIpc) is 3.05. The highest BCUT2D eigenvalue weighted by molar-refractivity contribution is 14.1. The first-order chi connectivity index (χ1) is 15.2. The number of halogens is 1. The molecule has 11 heteroatoms. The van der Waals surface area contributed by atoms with Crippen molar-refractivity contribution in [1.82, 2.24) is 4.90 Å². The van der Waals surface area contributed by atoms with Gasteiger partial charge in [-0.05, 0) is 82.7 Å². The first-order valence-electron chi connectivity index (χ1n) is 9.22. The molecule has 0 bridgehead atoms. The number of nitro groups is 1. The van der Waals surface area contributed by atoms with E-state index in [1.165, 1.54) is 26.2 Å². The molecule has 1 fully saturated rings. The van der Waals surface area contributed by atoms with Crippen molar-refractivity contribution in [3.63, 3.8) is 0 Å². The molecule has 166 valence electrons. The summed E-state index contributed by atoms with van der Waals surface area (Å²) in [6, 6.07) is 10.4. The average molecular weight is 568 g/mol. The van der Waals surface area contributed by atoms with Crippen molar-refractivity contribution >= 4 is 63.2 Å². The third-order valence-corrected chi connectivity index (χ3v) is 6.28. The van der Waals surface area contributed by atoms with E-state index >= 15 is 0 Å². The number of carbonyl (C=O) groups is 3. The van der Waals surface area contributed by atoms with Crippen molar-refractivity contribution in [2.45, 2.75) is 19.6 Å². The minimum absolute atomic E-state index is 0.0121. The molecule has 0 radical (unpaired) electrons. The van der Waals surface area contributed by atoms with Crippen LogP contribution in [-0.2, 0) is 20.9 Å². The number of thioether (sulfide) groups is 1. The lowest BCUT2D eigenvalue weighted by Gasteiger charge is -2.18. The smallest absolute Gasteiger partial charge is 0.328 e. The number of nitrogens with zero attached hydrogens (tertiary/aromatic N) is 2. The van der Waals surface area contributed by atoms with Crippen LogP contribution in [0, 0.1) is 13.7 Å². The number of ether oxygens (including phenoxy) is 2. The molecular weight excluding hydrogens is 551 g/mol. The lowest BCUT2D eigenvalue weighted by Crippen LogP contribution is -2.42. The van der Waals surface area contributed by atoms with Gasteiger partial charge in [-0.3, -0.25) is 24.6 Å². The van der Waals surface area contributed by atoms with E-state index in [2.05, 4.69) is 27.3 Å². The maximum absolute atomic E-state index is 12.6. The van der Waals surface area contributed by atoms with Crippen molar-refractivity contribution in [3.05, 3.63) is 72.2 Å². The third kappa shape index (κ3) is 5.27. The largest absolute Gasteiger partial charge is 0.488 e. The molecular formula is C21H17IN2O7S. The van der Waals surface area contributed by atoms with Crippen LogP contribution in [0.25, 0.3) is 6.08 Å². The molecule has 9 nitrogen and oxygen atoms in total. The molecule has 0 aromatic heterocycles. The van der Waals surface area contributed by atoms with Gasteiger partial charge in [-0.25, -0.2) is 4.79 Å². The highest BCUT2D eigenvalue weighted by atomic mass is 127. The number of rotatable bonds is 7. The van der Waals surface area contributed by atoms with Gasteiger partial charge in [-0.15, -0.1) is 0 Å². The zero-order valence-corrected chi connectivity index (χ0v) is 19.9. The van der Waals surface area contributed by atoms with Crippen LogP contribution in [0.15, 0.2) is 47.4 Å². The summed E-state index contributed by atoms with van der Waals surface area (Å²) < 4.78 is 11.2. The van der Waals surface area contributed by atoms with Gasteiger partial charge in [0.05, 0.1) is 20.5 Å². The fraction of sp³-hybridized carbons (Fsp3) is 0.190. The molecule has 1 heterocycles. The van der Waals surface area contributed by atoms with E-state index in [1.54, 1.807) is 36.4 Å². The molecule has 1 atom stereocenters. The summed E-state index contributed by atoms with van der Waals surface area (Å²) in [6.07, 6.45) is 1.58. The molecule has 1 aliphatic heterocycles. The van der Waals surface area contributed by atoms with E-state index in [-0.39, 0.29) is 17.2 Å². The molecule has 32 heavy (non-hydrogen) atoms. The number of hydrogen-bond donors (Lipinski definition) is 0. The lowest BCUT2D eigenvalue weighted by atomic mass is 10.2. The van der Waals surface area contributed by atoms with Gasteiger partial charge < -0.3 is 9.47 Å². The number of carbonyl (C=O) groups excluding carboxylic acids is 3. The van der Waals surface area contributed by atoms with E-state index in [1.807, 2.05) is 0 Å². The monoisotopic (exact) mass is 568 g/mol. The number of esters is 1. The van der Waals surface area contributed by atoms with Gasteiger partial charge in [0.2, 0.25) is 0 Å². The van der Waals surface area contributed by atoms with E-state index in [0.29, 0.717) is 11.3 Å². The second-order valence-electron chi connectivity index (χ2n) is 6.65. The molecule has 0 spiro atoms. The first-order valence-corrected chi connectivity index (χ1v) is 11.1. The second kappa shape index (κ2) is 10.1. The summed E-state index contributed by atoms with van der Waals surface area (Å²) in [5.74, 6) is -0.613. The van der Waals surface area contributed by atoms with Crippen LogP contribution in [0.1, 0.15) is 18.1 Å². The Balaban J connectivity index is 1.70. The normalized spacial score (nSPS) is 15.7. The fourth-order valence-corrected chi connectivity index (χ4v) is 4.44. The molecule has 0 N–H and O–H groups in total. The zero-order valence-electron chi connectivity index (χ0n) is 16.9. The minimum atomic E-state index is -1.01. The molecule has 3 rings (SSSR count). The van der Waals surface area contributed by atoms with Gasteiger partial charge in [-0.1, -0.05) is 6.07 Å². The molecule has 1 aliphatic rings. The summed E-state index contributed by atoms with van der Waals surface area (Å²) in [5, 5.41) is 10.2. The Bertz CT molecular complexity index is 1120. The van der Waals surface area contributed by atoms with Gasteiger partial charge in [-0.2, -0.15) is 0 Å². The lowest BCUT2D eigenvalue weighted by molar-refractivity contribution is -0.384. The topological polar surface area (TPSA) is 116 Å². The van der Waals surface area contributed by atoms with Crippen molar-refractivity contribution in [3.8, 4) is 5.75 Å². The number of benzene rings is 2. The fourth-order valence-electron chi connectivity index (χ4n) is 2.84. The highest BCUT2D eigenvalue weighted by Gasteiger charge is 2.41. The Morgan fingerprint density at radius 3 is 2.53 bits per heavy atom. The van der Waals surface area contributed by atoms with Crippen molar-refractivity contribution in [1.29, 1.82) is 0 Å². The van der Waals surface area contributed by atoms with Crippen LogP contribution in [0.2, 0.25) is 0 Å². The van der Waals surface area contributed by atoms with E-state index in [0.717, 1.165) is 25.8 Å². The van der Waals surface area contributed by atoms with Gasteiger partial charge in [0.1, 0.15) is 18.4 Å². The number of nitro benzene ring substituents is 1. The number of non-ortho nitro benzene ring substituents is 1. The molecule has 0 unspecified atom stereocenters. The van der Waals surface area contributed by atoms with E-state index < -0.39 is 28.1 Å². The Hall–Kier alpha value is -2.93. The van der Waals surface area contributed by atoms with Crippen LogP contribution in [0.3, 0.4) is 0 Å². The van der Waals surface area contributed by atoms with Crippen LogP contribution in [-0.4, -0.2) is 40.1 Å². The van der Waals surface area contributed by atoms with Gasteiger partial charge >= 0.3 is 5.97 Å². The maximum atomic E-state index is 12.6. The van der Waals surface area contributed by atoms with Crippen LogP contribution < -0.4 is 4.74 Å². The molecule has 0 saturated carbocycles.